The fourth-order valence-corrected chi connectivity index (χ4v) is 2.21. The van der Waals surface area contributed by atoms with Crippen molar-refractivity contribution >= 4 is 5.91 Å². The first-order valence-corrected chi connectivity index (χ1v) is 6.76. The normalized spacial score (nSPS) is 14.2. The molecule has 0 atom stereocenters. The van der Waals surface area contributed by atoms with E-state index in [9.17, 15) is 4.79 Å². The number of furan rings is 1. The molecule has 0 radical (unpaired) electrons. The summed E-state index contributed by atoms with van der Waals surface area (Å²) in [5, 5.41) is 0. The van der Waals surface area contributed by atoms with Gasteiger partial charge >= 0.3 is 0 Å². The van der Waals surface area contributed by atoms with E-state index in [1.54, 1.807) is 24.6 Å². The molecule has 0 unspecified atom stereocenters. The maximum atomic E-state index is 12.6. The zero-order valence-electron chi connectivity index (χ0n) is 11.2. The van der Waals surface area contributed by atoms with Crippen LogP contribution in [-0.2, 0) is 13.1 Å². The van der Waals surface area contributed by atoms with E-state index in [0.29, 0.717) is 24.7 Å². The average Bonchev–Trinajstić information content (AvgIpc) is 3.20. The minimum absolute atomic E-state index is 0.0148. The molecule has 0 bridgehead atoms. The zero-order chi connectivity index (χ0) is 13.9. The third-order valence-corrected chi connectivity index (χ3v) is 3.43. The number of nitrogens with zero attached hydrogens (tertiary/aromatic N) is 2. The van der Waals surface area contributed by atoms with Crippen molar-refractivity contribution in [3.8, 4) is 0 Å². The molecule has 0 saturated heterocycles. The van der Waals surface area contributed by atoms with Crippen LogP contribution in [0, 0.1) is 0 Å². The third kappa shape index (κ3) is 2.72. The van der Waals surface area contributed by atoms with Gasteiger partial charge in [-0.3, -0.25) is 9.78 Å². The van der Waals surface area contributed by atoms with Crippen molar-refractivity contribution in [3.63, 3.8) is 0 Å². The number of hydrogen-bond acceptors (Lipinski definition) is 4. The molecule has 2 aromatic rings. The Morgan fingerprint density at radius 2 is 2.30 bits per heavy atom. The van der Waals surface area contributed by atoms with Crippen molar-refractivity contribution in [2.45, 2.75) is 32.0 Å². The standard InChI is InChI=1S/C15H17N3O2/c16-9-12-8-11(5-6-17-12)15(19)18(13-3-4-13)10-14-2-1-7-20-14/h1-2,5-8,13H,3-4,9-10,16H2. The fraction of sp³-hybridized carbons (Fsp3) is 0.333. The molecule has 0 aromatic carbocycles. The SMILES string of the molecule is NCc1cc(C(=O)N(Cc2ccco2)C2CC2)ccn1. The summed E-state index contributed by atoms with van der Waals surface area (Å²) >= 11 is 0. The predicted octanol–water partition coefficient (Wildman–Crippen LogP) is 1.94. The van der Waals surface area contributed by atoms with Crippen LogP contribution in [0.2, 0.25) is 0 Å². The second-order valence-corrected chi connectivity index (χ2v) is 4.98. The molecule has 104 valence electrons. The number of rotatable bonds is 5. The van der Waals surface area contributed by atoms with E-state index in [1.807, 2.05) is 17.0 Å². The van der Waals surface area contributed by atoms with Crippen LogP contribution in [0.3, 0.4) is 0 Å². The van der Waals surface area contributed by atoms with Crippen molar-refractivity contribution in [1.29, 1.82) is 0 Å². The first kappa shape index (κ1) is 12.9. The van der Waals surface area contributed by atoms with Gasteiger partial charge in [-0.15, -0.1) is 0 Å². The van der Waals surface area contributed by atoms with Gasteiger partial charge < -0.3 is 15.1 Å². The number of hydrogen-bond donors (Lipinski definition) is 1. The number of aromatic nitrogens is 1. The van der Waals surface area contributed by atoms with E-state index in [-0.39, 0.29) is 5.91 Å². The minimum atomic E-state index is 0.0148. The molecule has 1 amide bonds. The van der Waals surface area contributed by atoms with Gasteiger partial charge in [0.2, 0.25) is 0 Å². The lowest BCUT2D eigenvalue weighted by Crippen LogP contribution is -2.32. The first-order chi connectivity index (χ1) is 9.78. The highest BCUT2D eigenvalue weighted by atomic mass is 16.3. The van der Waals surface area contributed by atoms with Gasteiger partial charge in [0.25, 0.3) is 5.91 Å². The van der Waals surface area contributed by atoms with Crippen LogP contribution in [0.1, 0.15) is 34.7 Å². The van der Waals surface area contributed by atoms with Crippen molar-refractivity contribution < 1.29 is 9.21 Å². The molecule has 1 saturated carbocycles. The average molecular weight is 271 g/mol. The molecular formula is C15H17N3O2. The Morgan fingerprint density at radius 3 is 2.95 bits per heavy atom. The summed E-state index contributed by atoms with van der Waals surface area (Å²) in [6, 6.07) is 7.55. The molecule has 5 heteroatoms. The Kier molecular flexibility index (Phi) is 3.52. The molecule has 3 rings (SSSR count). The lowest BCUT2D eigenvalue weighted by Gasteiger charge is -2.21. The highest BCUT2D eigenvalue weighted by Crippen LogP contribution is 2.30. The summed E-state index contributed by atoms with van der Waals surface area (Å²) < 4.78 is 5.35. The van der Waals surface area contributed by atoms with Gasteiger partial charge in [0.1, 0.15) is 5.76 Å². The number of amides is 1. The molecule has 20 heavy (non-hydrogen) atoms. The monoisotopic (exact) mass is 271 g/mol. The van der Waals surface area contributed by atoms with Gasteiger partial charge in [-0.25, -0.2) is 0 Å². The summed E-state index contributed by atoms with van der Waals surface area (Å²) in [6.45, 7) is 0.847. The molecule has 2 heterocycles. The van der Waals surface area contributed by atoms with E-state index in [1.165, 1.54) is 0 Å². The highest BCUT2D eigenvalue weighted by Gasteiger charge is 2.33. The topological polar surface area (TPSA) is 72.4 Å². The smallest absolute Gasteiger partial charge is 0.254 e. The Hall–Kier alpha value is -2.14. The number of carbonyl (C=O) groups excluding carboxylic acids is 1. The van der Waals surface area contributed by atoms with Gasteiger partial charge in [0.15, 0.2) is 0 Å². The van der Waals surface area contributed by atoms with E-state index >= 15 is 0 Å². The van der Waals surface area contributed by atoms with Gasteiger partial charge in [-0.1, -0.05) is 0 Å². The van der Waals surface area contributed by atoms with E-state index in [0.717, 1.165) is 24.3 Å². The van der Waals surface area contributed by atoms with Crippen LogP contribution in [-0.4, -0.2) is 21.8 Å². The maximum absolute atomic E-state index is 12.6. The van der Waals surface area contributed by atoms with Crippen molar-refractivity contribution in [3.05, 3.63) is 53.7 Å². The largest absolute Gasteiger partial charge is 0.467 e. The quantitative estimate of drug-likeness (QED) is 0.902. The second kappa shape index (κ2) is 5.46. The summed E-state index contributed by atoms with van der Waals surface area (Å²) in [6.07, 6.45) is 5.37. The van der Waals surface area contributed by atoms with Gasteiger partial charge in [0.05, 0.1) is 18.5 Å². The summed E-state index contributed by atoms with van der Waals surface area (Å²) in [5.41, 5.74) is 6.94. The number of carbonyl (C=O) groups is 1. The maximum Gasteiger partial charge on any atom is 0.254 e. The Labute approximate surface area is 117 Å². The van der Waals surface area contributed by atoms with E-state index in [2.05, 4.69) is 4.98 Å². The zero-order valence-corrected chi connectivity index (χ0v) is 11.2. The van der Waals surface area contributed by atoms with E-state index < -0.39 is 0 Å². The van der Waals surface area contributed by atoms with Gasteiger partial charge in [-0.05, 0) is 37.1 Å². The van der Waals surface area contributed by atoms with Gasteiger partial charge in [0, 0.05) is 24.3 Å². The molecule has 0 aliphatic heterocycles. The molecule has 0 spiro atoms. The van der Waals surface area contributed by atoms with E-state index in [4.69, 9.17) is 10.2 Å². The van der Waals surface area contributed by atoms with Crippen LogP contribution in [0.4, 0.5) is 0 Å². The van der Waals surface area contributed by atoms with Gasteiger partial charge in [-0.2, -0.15) is 0 Å². The van der Waals surface area contributed by atoms with Crippen LogP contribution in [0.15, 0.2) is 41.1 Å². The van der Waals surface area contributed by atoms with Crippen molar-refractivity contribution in [1.82, 2.24) is 9.88 Å². The Bertz CT molecular complexity index is 591. The van der Waals surface area contributed by atoms with Crippen LogP contribution in [0.25, 0.3) is 0 Å². The molecule has 1 fully saturated rings. The summed E-state index contributed by atoms with van der Waals surface area (Å²) in [7, 11) is 0. The number of nitrogens with two attached hydrogens (primary N) is 1. The molecule has 2 N–H and O–H groups in total. The van der Waals surface area contributed by atoms with Crippen molar-refractivity contribution in [2.24, 2.45) is 5.73 Å². The number of pyridine rings is 1. The van der Waals surface area contributed by atoms with Crippen LogP contribution >= 0.6 is 0 Å². The van der Waals surface area contributed by atoms with Crippen molar-refractivity contribution in [2.75, 3.05) is 0 Å². The molecule has 5 nitrogen and oxygen atoms in total. The lowest BCUT2D eigenvalue weighted by molar-refractivity contribution is 0.0717. The molecular weight excluding hydrogens is 254 g/mol. The molecule has 1 aliphatic rings. The minimum Gasteiger partial charge on any atom is -0.467 e. The Morgan fingerprint density at radius 1 is 1.45 bits per heavy atom. The molecule has 2 aromatic heterocycles. The third-order valence-electron chi connectivity index (χ3n) is 3.43. The van der Waals surface area contributed by atoms with Crippen LogP contribution < -0.4 is 5.73 Å². The second-order valence-electron chi connectivity index (χ2n) is 4.98. The highest BCUT2D eigenvalue weighted by molar-refractivity contribution is 5.94. The fourth-order valence-electron chi connectivity index (χ4n) is 2.21. The lowest BCUT2D eigenvalue weighted by atomic mass is 10.2. The summed E-state index contributed by atoms with van der Waals surface area (Å²) in [5.74, 6) is 0.819. The first-order valence-electron chi connectivity index (χ1n) is 6.76. The predicted molar refractivity (Wildman–Crippen MR) is 73.7 cm³/mol. The van der Waals surface area contributed by atoms with Crippen LogP contribution in [0.5, 0.6) is 0 Å². The summed E-state index contributed by atoms with van der Waals surface area (Å²) in [4.78, 5) is 18.6. The Balaban J connectivity index is 1.81. The molecule has 1 aliphatic carbocycles.